The van der Waals surface area contributed by atoms with E-state index in [-0.39, 0.29) is 35.3 Å². The van der Waals surface area contributed by atoms with Crippen molar-refractivity contribution in [2.75, 3.05) is 38.0 Å². The van der Waals surface area contributed by atoms with Gasteiger partial charge >= 0.3 is 6.03 Å². The first kappa shape index (κ1) is 29.4. The molecule has 214 valence electrons. The summed E-state index contributed by atoms with van der Waals surface area (Å²) in [6, 6.07) is 10.8. The maximum absolute atomic E-state index is 13.3. The van der Waals surface area contributed by atoms with E-state index in [1.807, 2.05) is 17.0 Å². The number of hydrogen-bond donors (Lipinski definition) is 2. The fourth-order valence-corrected chi connectivity index (χ4v) is 5.90. The van der Waals surface area contributed by atoms with Gasteiger partial charge in [-0.3, -0.25) is 14.4 Å². The van der Waals surface area contributed by atoms with E-state index in [1.54, 1.807) is 19.1 Å². The van der Waals surface area contributed by atoms with Gasteiger partial charge in [-0.15, -0.1) is 0 Å². The van der Waals surface area contributed by atoms with Crippen molar-refractivity contribution in [3.63, 3.8) is 0 Å². The monoisotopic (exact) mass is 550 g/mol. The highest BCUT2D eigenvalue weighted by Gasteiger charge is 2.34. The van der Waals surface area contributed by atoms with Gasteiger partial charge in [-0.1, -0.05) is 12.1 Å². The molecule has 0 aliphatic carbocycles. The van der Waals surface area contributed by atoms with Crippen LogP contribution < -0.4 is 10.6 Å². The first-order valence-electron chi connectivity index (χ1n) is 14.0. The molecule has 2 heterocycles. The number of urea groups is 1. The Bertz CT molecular complexity index is 1220. The zero-order valence-electron chi connectivity index (χ0n) is 23.5. The van der Waals surface area contributed by atoms with Crippen LogP contribution >= 0.6 is 0 Å². The Balaban J connectivity index is 1.41. The van der Waals surface area contributed by atoms with Crippen LogP contribution in [0.5, 0.6) is 0 Å². The number of piperidine rings is 2. The summed E-state index contributed by atoms with van der Waals surface area (Å²) in [5, 5.41) is 5.90. The molecule has 0 bridgehead atoms. The Labute approximate surface area is 235 Å². The van der Waals surface area contributed by atoms with Crippen molar-refractivity contribution in [3.05, 3.63) is 65.0 Å². The van der Waals surface area contributed by atoms with Crippen molar-refractivity contribution < 1.29 is 23.6 Å². The molecule has 2 aromatic rings. The number of halogens is 1. The number of rotatable bonds is 8. The second-order valence-corrected chi connectivity index (χ2v) is 11.2. The van der Waals surface area contributed by atoms with Gasteiger partial charge in [0.15, 0.2) is 11.6 Å². The molecule has 3 amide bonds. The maximum Gasteiger partial charge on any atom is 0.319 e. The van der Waals surface area contributed by atoms with Crippen molar-refractivity contribution in [2.45, 2.75) is 52.5 Å². The summed E-state index contributed by atoms with van der Waals surface area (Å²) in [7, 11) is 0. The number of likely N-dealkylation sites (tertiary alicyclic amines) is 2. The van der Waals surface area contributed by atoms with Gasteiger partial charge in [0.2, 0.25) is 5.91 Å². The van der Waals surface area contributed by atoms with Crippen LogP contribution in [-0.4, -0.2) is 72.1 Å². The van der Waals surface area contributed by atoms with E-state index in [0.29, 0.717) is 42.2 Å². The first-order valence-corrected chi connectivity index (χ1v) is 14.0. The van der Waals surface area contributed by atoms with Gasteiger partial charge in [0.05, 0.1) is 0 Å². The number of nitrogens with one attached hydrogen (secondary N) is 2. The molecule has 8 nitrogen and oxygen atoms in total. The van der Waals surface area contributed by atoms with Crippen LogP contribution in [0.2, 0.25) is 0 Å². The highest BCUT2D eigenvalue weighted by molar-refractivity contribution is 6.02. The lowest BCUT2D eigenvalue weighted by Gasteiger charge is -2.42. The zero-order valence-corrected chi connectivity index (χ0v) is 23.5. The van der Waals surface area contributed by atoms with Gasteiger partial charge in [-0.05, 0) is 87.9 Å². The Morgan fingerprint density at radius 2 is 1.57 bits per heavy atom. The van der Waals surface area contributed by atoms with E-state index in [0.717, 1.165) is 44.5 Å². The van der Waals surface area contributed by atoms with Gasteiger partial charge in [0.1, 0.15) is 5.82 Å². The highest BCUT2D eigenvalue weighted by atomic mass is 19.1. The summed E-state index contributed by atoms with van der Waals surface area (Å²) < 4.78 is 13.3. The number of nitrogens with zero attached hydrogens (tertiary/aromatic N) is 2. The number of hydrogen-bond acceptors (Lipinski definition) is 5. The van der Waals surface area contributed by atoms with Crippen LogP contribution in [-0.2, 0) is 11.2 Å². The van der Waals surface area contributed by atoms with Crippen molar-refractivity contribution in [1.82, 2.24) is 15.1 Å². The lowest BCUT2D eigenvalue weighted by atomic mass is 9.88. The minimum absolute atomic E-state index is 0.0264. The second-order valence-electron chi connectivity index (χ2n) is 11.2. The van der Waals surface area contributed by atoms with Crippen LogP contribution in [0.4, 0.5) is 14.9 Å². The van der Waals surface area contributed by atoms with Crippen LogP contribution in [0.3, 0.4) is 0 Å². The average Bonchev–Trinajstić information content (AvgIpc) is 2.91. The van der Waals surface area contributed by atoms with Crippen molar-refractivity contribution in [1.29, 1.82) is 0 Å². The Hall–Kier alpha value is -3.59. The normalized spacial score (nSPS) is 21.5. The molecule has 0 saturated carbocycles. The molecule has 0 spiro atoms. The summed E-state index contributed by atoms with van der Waals surface area (Å²) in [5.74, 6) is -0.0759. The fraction of sp³-hybridized carbons (Fsp3) is 0.484. The van der Waals surface area contributed by atoms with Gasteiger partial charge < -0.3 is 20.4 Å². The predicted molar refractivity (Wildman–Crippen MR) is 152 cm³/mol. The molecule has 2 aromatic carbocycles. The molecule has 2 aliphatic heterocycles. The average molecular weight is 551 g/mol. The molecule has 0 aromatic heterocycles. The summed E-state index contributed by atoms with van der Waals surface area (Å²) in [6.07, 6.45) is 3.71. The Kier molecular flexibility index (Phi) is 9.68. The molecule has 40 heavy (non-hydrogen) atoms. The van der Waals surface area contributed by atoms with Gasteiger partial charge in [-0.25, -0.2) is 9.18 Å². The van der Waals surface area contributed by atoms with E-state index in [9.17, 15) is 23.6 Å². The number of carbonyl (C=O) groups excluding carboxylic acids is 4. The van der Waals surface area contributed by atoms with Crippen LogP contribution in [0.15, 0.2) is 42.5 Å². The Morgan fingerprint density at radius 1 is 0.900 bits per heavy atom. The lowest BCUT2D eigenvalue weighted by Crippen LogP contribution is -2.56. The number of Topliss-reactive ketones (excluding diaryl/α,β-unsaturated/α-hetero) is 2. The number of amides is 3. The van der Waals surface area contributed by atoms with Gasteiger partial charge in [0, 0.05) is 61.9 Å². The van der Waals surface area contributed by atoms with Gasteiger partial charge in [0.25, 0.3) is 0 Å². The minimum atomic E-state index is -0.408. The lowest BCUT2D eigenvalue weighted by molar-refractivity contribution is -0.131. The van der Waals surface area contributed by atoms with E-state index < -0.39 is 6.03 Å². The Morgan fingerprint density at radius 3 is 2.20 bits per heavy atom. The third-order valence-electron chi connectivity index (χ3n) is 8.03. The third-order valence-corrected chi connectivity index (χ3v) is 8.03. The third kappa shape index (κ3) is 7.97. The number of benzene rings is 2. The van der Waals surface area contributed by atoms with Crippen molar-refractivity contribution in [2.24, 2.45) is 11.8 Å². The smallest absolute Gasteiger partial charge is 0.319 e. The van der Waals surface area contributed by atoms with E-state index >= 15 is 0 Å². The molecule has 4 rings (SSSR count). The first-order chi connectivity index (χ1) is 19.1. The van der Waals surface area contributed by atoms with Crippen LogP contribution in [0.25, 0.3) is 0 Å². The zero-order chi connectivity index (χ0) is 28.8. The fourth-order valence-electron chi connectivity index (χ4n) is 5.90. The molecule has 2 saturated heterocycles. The van der Waals surface area contributed by atoms with Crippen molar-refractivity contribution in [3.8, 4) is 0 Å². The number of carbonyl (C=O) groups is 4. The molecule has 2 fully saturated rings. The predicted octanol–water partition coefficient (Wildman–Crippen LogP) is 4.54. The highest BCUT2D eigenvalue weighted by Crippen LogP contribution is 2.25. The standard InChI is InChI=1S/C31H39FN4O4/c1-20(37)25-14-26(21(2)38)16-29(15-25)33-31(40)34-30-10-12-36(22(3)39)19-27(30)18-35-11-4-5-24(17-35)13-23-6-8-28(32)9-7-23/h6-9,14-16,24,27,30H,4-5,10-13,17-19H2,1-3H3,(H2,33,34,40)/t24-,27+,30+/m0/s1. The molecular formula is C31H39FN4O4. The largest absolute Gasteiger partial charge is 0.342 e. The second kappa shape index (κ2) is 13.2. The molecule has 3 atom stereocenters. The maximum atomic E-state index is 13.3. The minimum Gasteiger partial charge on any atom is -0.342 e. The number of anilines is 1. The molecule has 0 unspecified atom stereocenters. The van der Waals surface area contributed by atoms with E-state index in [2.05, 4.69) is 15.5 Å². The molecule has 2 aliphatic rings. The summed E-state index contributed by atoms with van der Waals surface area (Å²) >= 11 is 0. The quantitative estimate of drug-likeness (QED) is 0.470. The summed E-state index contributed by atoms with van der Waals surface area (Å²) in [4.78, 5) is 53.4. The molecule has 0 radical (unpaired) electrons. The summed E-state index contributed by atoms with van der Waals surface area (Å²) in [6.45, 7) is 8.17. The molecule has 2 N–H and O–H groups in total. The van der Waals surface area contributed by atoms with Crippen LogP contribution in [0.1, 0.15) is 66.3 Å². The molecular weight excluding hydrogens is 511 g/mol. The van der Waals surface area contributed by atoms with Gasteiger partial charge in [-0.2, -0.15) is 0 Å². The van der Waals surface area contributed by atoms with Crippen LogP contribution in [0, 0.1) is 17.7 Å². The molecule has 9 heteroatoms. The number of ketones is 2. The topological polar surface area (TPSA) is 98.8 Å². The van der Waals surface area contributed by atoms with E-state index in [4.69, 9.17) is 0 Å². The van der Waals surface area contributed by atoms with Crippen molar-refractivity contribution >= 4 is 29.2 Å². The SMILES string of the molecule is CC(=O)c1cc(NC(=O)N[C@@H]2CCN(C(C)=O)C[C@H]2CN2CCC[C@@H](Cc3ccc(F)cc3)C2)cc(C(C)=O)c1. The summed E-state index contributed by atoms with van der Waals surface area (Å²) in [5.41, 5.74) is 2.23. The van der Waals surface area contributed by atoms with E-state index in [1.165, 1.54) is 32.0 Å².